The highest BCUT2D eigenvalue weighted by molar-refractivity contribution is 6.03. The first kappa shape index (κ1) is 19.8. The van der Waals surface area contributed by atoms with E-state index in [0.717, 1.165) is 67.5 Å². The number of fused-ring (bicyclic) bond motifs is 1. The highest BCUT2D eigenvalue weighted by Gasteiger charge is 2.18. The van der Waals surface area contributed by atoms with Crippen LogP contribution in [-0.4, -0.2) is 35.4 Å². The average molecular weight is 368 g/mol. The van der Waals surface area contributed by atoms with E-state index < -0.39 is 0 Å². The number of benzene rings is 1. The van der Waals surface area contributed by atoms with Crippen LogP contribution in [0.5, 0.6) is 0 Å². The molecule has 3 rings (SSSR count). The molecular formula is C23H33N3O. The van der Waals surface area contributed by atoms with Gasteiger partial charge in [-0.05, 0) is 56.8 Å². The molecule has 27 heavy (non-hydrogen) atoms. The summed E-state index contributed by atoms with van der Waals surface area (Å²) in [5.74, 6) is 0.104. The summed E-state index contributed by atoms with van der Waals surface area (Å²) >= 11 is 0. The minimum absolute atomic E-state index is 0.104. The molecule has 1 saturated heterocycles. The van der Waals surface area contributed by atoms with Gasteiger partial charge in [0, 0.05) is 11.1 Å². The highest BCUT2D eigenvalue weighted by Crippen LogP contribution is 2.30. The van der Waals surface area contributed by atoms with E-state index in [2.05, 4.69) is 36.2 Å². The molecular weight excluding hydrogens is 334 g/mol. The fraction of sp³-hybridized carbons (Fsp3) is 0.565. The summed E-state index contributed by atoms with van der Waals surface area (Å²) in [4.78, 5) is 20.1. The Kier molecular flexibility index (Phi) is 7.22. The van der Waals surface area contributed by atoms with E-state index in [1.807, 2.05) is 12.1 Å². The van der Waals surface area contributed by atoms with Crippen LogP contribution in [0.15, 0.2) is 24.3 Å². The van der Waals surface area contributed by atoms with Crippen molar-refractivity contribution in [3.8, 4) is 0 Å². The summed E-state index contributed by atoms with van der Waals surface area (Å²) in [6, 6.07) is 8.20. The summed E-state index contributed by atoms with van der Waals surface area (Å²) < 4.78 is 0. The van der Waals surface area contributed by atoms with Gasteiger partial charge in [-0.25, -0.2) is 0 Å². The number of hydrogen-bond donors (Lipinski definition) is 1. The van der Waals surface area contributed by atoms with Gasteiger partial charge < -0.3 is 5.32 Å². The van der Waals surface area contributed by atoms with E-state index >= 15 is 0 Å². The topological polar surface area (TPSA) is 45.2 Å². The second kappa shape index (κ2) is 9.84. The number of aromatic nitrogens is 1. The van der Waals surface area contributed by atoms with E-state index in [1.165, 1.54) is 24.8 Å². The molecule has 0 radical (unpaired) electrons. The Morgan fingerprint density at radius 3 is 2.59 bits per heavy atom. The summed E-state index contributed by atoms with van der Waals surface area (Å²) in [7, 11) is 0. The number of rotatable bonds is 8. The van der Waals surface area contributed by atoms with Crippen molar-refractivity contribution in [1.82, 2.24) is 9.88 Å². The lowest BCUT2D eigenvalue weighted by atomic mass is 9.98. The van der Waals surface area contributed by atoms with Crippen molar-refractivity contribution in [3.63, 3.8) is 0 Å². The Morgan fingerprint density at radius 2 is 1.85 bits per heavy atom. The molecule has 1 N–H and O–H groups in total. The molecule has 0 saturated carbocycles. The summed E-state index contributed by atoms with van der Waals surface area (Å²) in [6.45, 7) is 6.97. The second-order valence-electron chi connectivity index (χ2n) is 7.67. The summed E-state index contributed by atoms with van der Waals surface area (Å²) in [5.41, 5.74) is 4.37. The number of carbonyl (C=O) groups is 1. The number of pyridine rings is 1. The van der Waals surface area contributed by atoms with Crippen LogP contribution in [0.3, 0.4) is 0 Å². The fourth-order valence-corrected chi connectivity index (χ4v) is 4.01. The molecule has 0 unspecified atom stereocenters. The Labute approximate surface area is 163 Å². The van der Waals surface area contributed by atoms with Gasteiger partial charge in [0.1, 0.15) is 0 Å². The molecule has 4 heteroatoms. The fourth-order valence-electron chi connectivity index (χ4n) is 4.01. The number of nitrogens with one attached hydrogen (secondary N) is 1. The van der Waals surface area contributed by atoms with Crippen LogP contribution in [-0.2, 0) is 17.6 Å². The number of anilines is 1. The van der Waals surface area contributed by atoms with Gasteiger partial charge in [-0.3, -0.25) is 14.7 Å². The number of amides is 1. The van der Waals surface area contributed by atoms with Crippen molar-refractivity contribution in [1.29, 1.82) is 0 Å². The molecule has 0 bridgehead atoms. The maximum absolute atomic E-state index is 12.8. The van der Waals surface area contributed by atoms with E-state index in [0.29, 0.717) is 6.54 Å². The van der Waals surface area contributed by atoms with Crippen molar-refractivity contribution < 1.29 is 4.79 Å². The van der Waals surface area contributed by atoms with Crippen LogP contribution < -0.4 is 5.32 Å². The Hall–Kier alpha value is -1.94. The second-order valence-corrected chi connectivity index (χ2v) is 7.67. The van der Waals surface area contributed by atoms with E-state index in [4.69, 9.17) is 4.98 Å². The zero-order valence-electron chi connectivity index (χ0n) is 16.9. The van der Waals surface area contributed by atoms with E-state index in [9.17, 15) is 4.79 Å². The molecule has 2 heterocycles. The number of likely N-dealkylation sites (tertiary alicyclic amines) is 1. The van der Waals surface area contributed by atoms with Crippen molar-refractivity contribution >= 4 is 22.5 Å². The molecule has 2 aromatic rings. The maximum atomic E-state index is 12.8. The van der Waals surface area contributed by atoms with Crippen LogP contribution in [0.2, 0.25) is 0 Å². The van der Waals surface area contributed by atoms with Gasteiger partial charge in [0.05, 0.1) is 17.7 Å². The van der Waals surface area contributed by atoms with Gasteiger partial charge in [-0.1, -0.05) is 51.3 Å². The molecule has 146 valence electrons. The van der Waals surface area contributed by atoms with Gasteiger partial charge in [-0.15, -0.1) is 0 Å². The highest BCUT2D eigenvalue weighted by atomic mass is 16.2. The number of aryl methyl sites for hydroxylation is 1. The zero-order chi connectivity index (χ0) is 19.1. The first-order valence-electron chi connectivity index (χ1n) is 10.7. The lowest BCUT2D eigenvalue weighted by Crippen LogP contribution is -2.37. The molecule has 1 aliphatic heterocycles. The predicted octanol–water partition coefficient (Wildman–Crippen LogP) is 4.95. The zero-order valence-corrected chi connectivity index (χ0v) is 16.9. The normalized spacial score (nSPS) is 15.2. The molecule has 0 spiro atoms. The third-order valence-corrected chi connectivity index (χ3v) is 5.43. The molecule has 0 atom stereocenters. The molecule has 1 amide bonds. The smallest absolute Gasteiger partial charge is 0.238 e. The maximum Gasteiger partial charge on any atom is 0.238 e. The summed E-state index contributed by atoms with van der Waals surface area (Å²) in [5, 5.41) is 4.35. The first-order valence-corrected chi connectivity index (χ1v) is 10.7. The first-order chi connectivity index (χ1) is 13.2. The Bertz CT molecular complexity index is 766. The van der Waals surface area contributed by atoms with Gasteiger partial charge in [0.25, 0.3) is 0 Å². The third kappa shape index (κ3) is 5.07. The van der Waals surface area contributed by atoms with Gasteiger partial charge in [0.15, 0.2) is 0 Å². The van der Waals surface area contributed by atoms with Crippen LogP contribution in [0.25, 0.3) is 10.9 Å². The number of carbonyl (C=O) groups excluding carboxylic acids is 1. The molecule has 1 aromatic heterocycles. The quantitative estimate of drug-likeness (QED) is 0.718. The molecule has 0 aliphatic carbocycles. The van der Waals surface area contributed by atoms with Crippen molar-refractivity contribution in [3.05, 3.63) is 35.5 Å². The SMILES string of the molecule is CCCCc1nc2ccccc2c(NC(=O)CN2CCCCC2)c1CCC. The Balaban J connectivity index is 1.92. The van der Waals surface area contributed by atoms with Crippen LogP contribution in [0, 0.1) is 0 Å². The minimum atomic E-state index is 0.104. The predicted molar refractivity (Wildman–Crippen MR) is 113 cm³/mol. The minimum Gasteiger partial charge on any atom is -0.324 e. The number of nitrogens with zero attached hydrogens (tertiary/aromatic N) is 2. The number of unbranched alkanes of at least 4 members (excludes halogenated alkanes) is 1. The largest absolute Gasteiger partial charge is 0.324 e. The van der Waals surface area contributed by atoms with Crippen molar-refractivity contribution in [2.24, 2.45) is 0 Å². The van der Waals surface area contributed by atoms with E-state index in [-0.39, 0.29) is 5.91 Å². The monoisotopic (exact) mass is 367 g/mol. The van der Waals surface area contributed by atoms with Crippen molar-refractivity contribution in [2.75, 3.05) is 25.0 Å². The third-order valence-electron chi connectivity index (χ3n) is 5.43. The lowest BCUT2D eigenvalue weighted by Gasteiger charge is -2.26. The molecule has 4 nitrogen and oxygen atoms in total. The number of hydrogen-bond acceptors (Lipinski definition) is 3. The van der Waals surface area contributed by atoms with Crippen LogP contribution in [0.1, 0.15) is 63.6 Å². The van der Waals surface area contributed by atoms with Crippen LogP contribution >= 0.6 is 0 Å². The molecule has 1 fully saturated rings. The van der Waals surface area contributed by atoms with Gasteiger partial charge >= 0.3 is 0 Å². The number of piperidine rings is 1. The van der Waals surface area contributed by atoms with E-state index in [1.54, 1.807) is 0 Å². The average Bonchev–Trinajstić information content (AvgIpc) is 2.69. The summed E-state index contributed by atoms with van der Waals surface area (Å²) in [6.07, 6.45) is 8.95. The molecule has 1 aliphatic rings. The Morgan fingerprint density at radius 1 is 1.07 bits per heavy atom. The van der Waals surface area contributed by atoms with Crippen LogP contribution in [0.4, 0.5) is 5.69 Å². The number of para-hydroxylation sites is 1. The van der Waals surface area contributed by atoms with Crippen molar-refractivity contribution in [2.45, 2.75) is 65.2 Å². The van der Waals surface area contributed by atoms with Gasteiger partial charge in [0.2, 0.25) is 5.91 Å². The standard InChI is InChI=1S/C23H33N3O/c1-3-5-13-20-18(11-4-2)23(19-12-7-8-14-21(19)24-20)25-22(27)17-26-15-9-6-10-16-26/h7-8,12,14H,3-6,9-11,13,15-17H2,1-2H3,(H,24,25,27). The van der Waals surface area contributed by atoms with Gasteiger partial charge in [-0.2, -0.15) is 0 Å². The molecule has 1 aromatic carbocycles. The lowest BCUT2D eigenvalue weighted by molar-refractivity contribution is -0.117.